The number of allylic oxidation sites excluding steroid dienone is 1. The van der Waals surface area contributed by atoms with Gasteiger partial charge in [0.1, 0.15) is 11.7 Å². The summed E-state index contributed by atoms with van der Waals surface area (Å²) in [6.45, 7) is 4.89. The molecule has 1 amide bonds. The summed E-state index contributed by atoms with van der Waals surface area (Å²) in [5.74, 6) is -0.440. The van der Waals surface area contributed by atoms with Gasteiger partial charge in [-0.1, -0.05) is 98.8 Å². The number of amides is 1. The number of carbonyl (C=O) groups is 1. The van der Waals surface area contributed by atoms with Crippen molar-refractivity contribution in [2.45, 2.75) is 51.4 Å². The monoisotopic (exact) mass is 617 g/mol. The molecule has 3 aromatic rings. The zero-order chi connectivity index (χ0) is 32.1. The van der Waals surface area contributed by atoms with Crippen LogP contribution in [0.4, 0.5) is 0 Å². The molecule has 3 rings (SSSR count). The Bertz CT molecular complexity index is 1540. The molecule has 1 atom stereocenters. The lowest BCUT2D eigenvalue weighted by Gasteiger charge is -2.33. The highest BCUT2D eigenvalue weighted by molar-refractivity contribution is 7.88. The Labute approximate surface area is 260 Å². The number of benzene rings is 3. The van der Waals surface area contributed by atoms with E-state index in [9.17, 15) is 13.2 Å². The normalized spacial score (nSPS) is 12.4. The molecular weight excluding hydrogens is 574 g/mol. The van der Waals surface area contributed by atoms with Gasteiger partial charge in [0.15, 0.2) is 0 Å². The number of nitrogens with zero attached hydrogens (tertiary/aromatic N) is 1. The highest BCUT2D eigenvalue weighted by atomic mass is 32.2. The molecular formula is C33H43N7O3S. The number of hydrogen-bond acceptors (Lipinski definition) is 6. The van der Waals surface area contributed by atoms with E-state index < -0.39 is 16.1 Å². The van der Waals surface area contributed by atoms with Gasteiger partial charge in [0.25, 0.3) is 0 Å². The van der Waals surface area contributed by atoms with Crippen LogP contribution in [0, 0.1) is 10.8 Å². The first-order valence-electron chi connectivity index (χ1n) is 14.6. The van der Waals surface area contributed by atoms with Crippen LogP contribution in [0.5, 0.6) is 0 Å². The first kappa shape index (κ1) is 34.0. The number of hydrogen-bond donors (Lipinski definition) is 6. The molecule has 0 bridgehead atoms. The SMILES string of the molecule is CC/C=C(\C(Cc1ccc(C(=N)N)cc1)NS(=O)(=O)Cc1ccccc1)N(CCC)CC(=O)NCc1ccc(C(=N)N)cc1. The van der Waals surface area contributed by atoms with Crippen LogP contribution in [0.25, 0.3) is 0 Å². The number of nitrogen functional groups attached to an aromatic ring is 2. The molecule has 0 aliphatic heterocycles. The minimum Gasteiger partial charge on any atom is -0.384 e. The van der Waals surface area contributed by atoms with E-state index in [-0.39, 0.29) is 29.9 Å². The van der Waals surface area contributed by atoms with E-state index in [1.165, 1.54) is 0 Å². The predicted molar refractivity (Wildman–Crippen MR) is 177 cm³/mol. The Morgan fingerprint density at radius 3 is 1.95 bits per heavy atom. The fourth-order valence-electron chi connectivity index (χ4n) is 4.82. The van der Waals surface area contributed by atoms with Crippen molar-refractivity contribution in [1.82, 2.24) is 14.9 Å². The van der Waals surface area contributed by atoms with Crippen molar-refractivity contribution < 1.29 is 13.2 Å². The molecule has 0 aliphatic rings. The maximum atomic E-state index is 13.5. The first-order chi connectivity index (χ1) is 21.0. The van der Waals surface area contributed by atoms with Crippen LogP contribution in [0.15, 0.2) is 90.6 Å². The van der Waals surface area contributed by atoms with E-state index in [2.05, 4.69) is 10.0 Å². The summed E-state index contributed by atoms with van der Waals surface area (Å²) in [7, 11) is -3.77. The molecule has 0 radical (unpaired) electrons. The molecule has 0 fully saturated rings. The van der Waals surface area contributed by atoms with Gasteiger partial charge in [-0.15, -0.1) is 0 Å². The maximum Gasteiger partial charge on any atom is 0.239 e. The second kappa shape index (κ2) is 16.4. The highest BCUT2D eigenvalue weighted by Gasteiger charge is 2.26. The summed E-state index contributed by atoms with van der Waals surface area (Å²) in [6.07, 6.45) is 3.70. The van der Waals surface area contributed by atoms with Crippen molar-refractivity contribution in [2.75, 3.05) is 13.1 Å². The van der Waals surface area contributed by atoms with Gasteiger partial charge >= 0.3 is 0 Å². The second-order valence-electron chi connectivity index (χ2n) is 10.6. The van der Waals surface area contributed by atoms with Crippen molar-refractivity contribution in [2.24, 2.45) is 11.5 Å². The molecule has 0 saturated carbocycles. The van der Waals surface area contributed by atoms with Crippen molar-refractivity contribution >= 4 is 27.6 Å². The number of nitrogens with two attached hydrogens (primary N) is 2. The van der Waals surface area contributed by atoms with Gasteiger partial charge in [-0.3, -0.25) is 15.6 Å². The Morgan fingerprint density at radius 2 is 1.43 bits per heavy atom. The minimum atomic E-state index is -3.77. The zero-order valence-electron chi connectivity index (χ0n) is 25.3. The van der Waals surface area contributed by atoms with Gasteiger partial charge < -0.3 is 21.7 Å². The quantitative estimate of drug-likeness (QED) is 0.0995. The third-order valence-corrected chi connectivity index (χ3v) is 8.30. The Balaban J connectivity index is 1.86. The molecule has 0 heterocycles. The van der Waals surface area contributed by atoms with E-state index in [0.717, 1.165) is 23.2 Å². The number of rotatable bonds is 17. The van der Waals surface area contributed by atoms with Crippen LogP contribution in [0.1, 0.15) is 54.5 Å². The molecule has 10 nitrogen and oxygen atoms in total. The molecule has 44 heavy (non-hydrogen) atoms. The Hall–Kier alpha value is -4.48. The molecule has 8 N–H and O–H groups in total. The number of amidine groups is 2. The van der Waals surface area contributed by atoms with Crippen LogP contribution in [0.2, 0.25) is 0 Å². The number of sulfonamides is 1. The smallest absolute Gasteiger partial charge is 0.239 e. The summed E-state index contributed by atoms with van der Waals surface area (Å²) in [6, 6.07) is 22.6. The third kappa shape index (κ3) is 10.7. The van der Waals surface area contributed by atoms with Crippen molar-refractivity contribution in [3.8, 4) is 0 Å². The molecule has 0 aliphatic carbocycles. The lowest BCUT2D eigenvalue weighted by Crippen LogP contribution is -2.46. The van der Waals surface area contributed by atoms with E-state index in [1.807, 2.05) is 55.2 Å². The van der Waals surface area contributed by atoms with E-state index in [4.69, 9.17) is 22.3 Å². The maximum absolute atomic E-state index is 13.5. The summed E-state index contributed by atoms with van der Waals surface area (Å²) in [4.78, 5) is 15.1. The van der Waals surface area contributed by atoms with Gasteiger partial charge in [0, 0.05) is 29.9 Å². The number of nitrogens with one attached hydrogen (secondary N) is 4. The first-order valence-corrected chi connectivity index (χ1v) is 16.3. The summed E-state index contributed by atoms with van der Waals surface area (Å²) in [5, 5.41) is 18.2. The third-order valence-electron chi connectivity index (χ3n) is 6.94. The fraction of sp³-hybridized carbons (Fsp3) is 0.303. The van der Waals surface area contributed by atoms with Crippen LogP contribution in [-0.2, 0) is 33.5 Å². The lowest BCUT2D eigenvalue weighted by molar-refractivity contribution is -0.122. The molecule has 0 saturated heterocycles. The molecule has 0 spiro atoms. The van der Waals surface area contributed by atoms with Crippen LogP contribution in [0.3, 0.4) is 0 Å². The Kier molecular flexibility index (Phi) is 12.7. The van der Waals surface area contributed by atoms with Gasteiger partial charge in [-0.25, -0.2) is 13.1 Å². The molecule has 234 valence electrons. The fourth-order valence-corrected chi connectivity index (χ4v) is 6.17. The van der Waals surface area contributed by atoms with Crippen LogP contribution >= 0.6 is 0 Å². The van der Waals surface area contributed by atoms with Crippen molar-refractivity contribution in [3.63, 3.8) is 0 Å². The number of carbonyl (C=O) groups excluding carboxylic acids is 1. The van der Waals surface area contributed by atoms with E-state index in [1.54, 1.807) is 48.5 Å². The van der Waals surface area contributed by atoms with Gasteiger partial charge in [0.05, 0.1) is 18.3 Å². The average molecular weight is 618 g/mol. The highest BCUT2D eigenvalue weighted by Crippen LogP contribution is 2.19. The zero-order valence-corrected chi connectivity index (χ0v) is 26.2. The van der Waals surface area contributed by atoms with E-state index >= 15 is 0 Å². The topological polar surface area (TPSA) is 178 Å². The largest absolute Gasteiger partial charge is 0.384 e. The summed E-state index contributed by atoms with van der Waals surface area (Å²) in [5.41, 5.74) is 15.5. The molecule has 1 unspecified atom stereocenters. The standard InChI is InChI=1S/C33H43N7O3S/c1-3-8-30(40(19-4-2)22-31(41)38-21-25-13-17-28(18-14-25)33(36)37)29(20-24-11-15-27(16-12-24)32(34)35)39-44(42,43)23-26-9-6-5-7-10-26/h5-18,29,39H,3-4,19-23H2,1-2H3,(H3,34,35)(H3,36,37)(H,38,41)/b30-8+. The molecule has 3 aromatic carbocycles. The van der Waals surface area contributed by atoms with Crippen molar-refractivity contribution in [1.29, 1.82) is 10.8 Å². The summed E-state index contributed by atoms with van der Waals surface area (Å²) < 4.78 is 29.9. The Morgan fingerprint density at radius 1 is 0.864 bits per heavy atom. The average Bonchev–Trinajstić information content (AvgIpc) is 2.99. The van der Waals surface area contributed by atoms with Gasteiger partial charge in [-0.2, -0.15) is 0 Å². The van der Waals surface area contributed by atoms with Crippen molar-refractivity contribution in [3.05, 3.63) is 118 Å². The van der Waals surface area contributed by atoms with Crippen LogP contribution < -0.4 is 21.5 Å². The van der Waals surface area contributed by atoms with Crippen LogP contribution in [-0.4, -0.2) is 50.0 Å². The lowest BCUT2D eigenvalue weighted by atomic mass is 10.0. The van der Waals surface area contributed by atoms with E-state index in [0.29, 0.717) is 42.6 Å². The van der Waals surface area contributed by atoms with Gasteiger partial charge in [0.2, 0.25) is 15.9 Å². The second-order valence-corrected chi connectivity index (χ2v) is 12.3. The summed E-state index contributed by atoms with van der Waals surface area (Å²) >= 11 is 0. The molecule has 11 heteroatoms. The minimum absolute atomic E-state index is 0.0187. The predicted octanol–water partition coefficient (Wildman–Crippen LogP) is 3.61. The van der Waals surface area contributed by atoms with Gasteiger partial charge in [-0.05, 0) is 36.0 Å². The molecule has 0 aromatic heterocycles.